The smallest absolute Gasteiger partial charge is 0.233 e. The lowest BCUT2D eigenvalue weighted by atomic mass is 10.3. The Labute approximate surface area is 106 Å². The van der Waals surface area contributed by atoms with Gasteiger partial charge in [-0.05, 0) is 40.2 Å². The summed E-state index contributed by atoms with van der Waals surface area (Å²) in [6.45, 7) is 0. The molecule has 3 nitrogen and oxygen atoms in total. The number of hydrogen-bond acceptors (Lipinski definition) is 3. The normalized spacial score (nSPS) is 10.1. The summed E-state index contributed by atoms with van der Waals surface area (Å²) >= 11 is 9.32. The van der Waals surface area contributed by atoms with Gasteiger partial charge in [0.15, 0.2) is 5.75 Å². The van der Waals surface area contributed by atoms with Crippen molar-refractivity contribution >= 4 is 33.2 Å². The molecule has 2 aromatic rings. The molecule has 0 radical (unpaired) electrons. The lowest BCUT2D eigenvalue weighted by Gasteiger charge is -2.09. The van der Waals surface area contributed by atoms with E-state index in [2.05, 4.69) is 20.9 Å². The second kappa shape index (κ2) is 4.72. The van der Waals surface area contributed by atoms with Crippen LogP contribution in [0, 0.1) is 0 Å². The highest BCUT2D eigenvalue weighted by molar-refractivity contribution is 9.10. The standard InChI is InChI=1S/C11H8BrClN2O/c12-7-3-2-6-15-11(7)16-10-8(13)4-1-5-9(10)14/h1-6H,14H2. The molecule has 16 heavy (non-hydrogen) atoms. The highest BCUT2D eigenvalue weighted by Crippen LogP contribution is 2.36. The second-order valence-electron chi connectivity index (χ2n) is 3.05. The number of ether oxygens (including phenoxy) is 1. The van der Waals surface area contributed by atoms with E-state index in [9.17, 15) is 0 Å². The summed E-state index contributed by atoms with van der Waals surface area (Å²) in [5, 5.41) is 0.456. The fourth-order valence-corrected chi connectivity index (χ4v) is 1.73. The molecule has 2 N–H and O–H groups in total. The van der Waals surface area contributed by atoms with Gasteiger partial charge < -0.3 is 10.5 Å². The summed E-state index contributed by atoms with van der Waals surface area (Å²) in [7, 11) is 0. The Morgan fingerprint density at radius 1 is 1.25 bits per heavy atom. The molecular weight excluding hydrogens is 291 g/mol. The Morgan fingerprint density at radius 2 is 2.06 bits per heavy atom. The molecule has 1 heterocycles. The molecule has 0 bridgehead atoms. The first-order valence-electron chi connectivity index (χ1n) is 4.51. The molecule has 0 fully saturated rings. The van der Waals surface area contributed by atoms with Crippen LogP contribution in [0.4, 0.5) is 5.69 Å². The van der Waals surface area contributed by atoms with Crippen LogP contribution < -0.4 is 10.5 Å². The van der Waals surface area contributed by atoms with Gasteiger partial charge in [0.2, 0.25) is 5.88 Å². The highest BCUT2D eigenvalue weighted by Gasteiger charge is 2.09. The minimum atomic E-state index is 0.420. The van der Waals surface area contributed by atoms with Crippen molar-refractivity contribution in [1.82, 2.24) is 4.98 Å². The molecule has 0 spiro atoms. The largest absolute Gasteiger partial charge is 0.434 e. The number of anilines is 1. The third-order valence-corrected chi connectivity index (χ3v) is 2.82. The molecule has 0 aliphatic carbocycles. The van der Waals surface area contributed by atoms with Crippen LogP contribution in [0.25, 0.3) is 0 Å². The number of hydrogen-bond donors (Lipinski definition) is 1. The molecular formula is C11H8BrClN2O. The number of benzene rings is 1. The van der Waals surface area contributed by atoms with E-state index in [0.717, 1.165) is 4.47 Å². The molecule has 0 amide bonds. The summed E-state index contributed by atoms with van der Waals surface area (Å²) in [6.07, 6.45) is 1.63. The van der Waals surface area contributed by atoms with E-state index in [4.69, 9.17) is 22.1 Å². The average molecular weight is 300 g/mol. The first kappa shape index (κ1) is 11.2. The molecule has 0 aliphatic rings. The zero-order chi connectivity index (χ0) is 11.5. The molecule has 0 atom stereocenters. The van der Waals surface area contributed by atoms with Crippen molar-refractivity contribution in [2.24, 2.45) is 0 Å². The summed E-state index contributed by atoms with van der Waals surface area (Å²) in [6, 6.07) is 8.82. The van der Waals surface area contributed by atoms with E-state index in [0.29, 0.717) is 22.3 Å². The number of nitrogens with zero attached hydrogens (tertiary/aromatic N) is 1. The first-order valence-corrected chi connectivity index (χ1v) is 5.68. The maximum atomic E-state index is 5.98. The van der Waals surface area contributed by atoms with Crippen LogP contribution in [-0.4, -0.2) is 4.98 Å². The predicted octanol–water partition coefficient (Wildman–Crippen LogP) is 3.87. The second-order valence-corrected chi connectivity index (χ2v) is 4.31. The third-order valence-electron chi connectivity index (χ3n) is 1.92. The minimum absolute atomic E-state index is 0.420. The van der Waals surface area contributed by atoms with Crippen LogP contribution in [-0.2, 0) is 0 Å². The molecule has 2 rings (SSSR count). The lowest BCUT2D eigenvalue weighted by molar-refractivity contribution is 0.462. The van der Waals surface area contributed by atoms with Gasteiger partial charge in [-0.15, -0.1) is 0 Å². The van der Waals surface area contributed by atoms with Gasteiger partial charge in [0.25, 0.3) is 0 Å². The van der Waals surface area contributed by atoms with Crippen LogP contribution in [0.1, 0.15) is 0 Å². The van der Waals surface area contributed by atoms with Crippen molar-refractivity contribution < 1.29 is 4.74 Å². The van der Waals surface area contributed by atoms with E-state index in [1.54, 1.807) is 30.5 Å². The Balaban J connectivity index is 2.38. The van der Waals surface area contributed by atoms with Crippen molar-refractivity contribution in [3.63, 3.8) is 0 Å². The van der Waals surface area contributed by atoms with Gasteiger partial charge in [-0.1, -0.05) is 17.7 Å². The molecule has 0 saturated heterocycles. The van der Waals surface area contributed by atoms with Crippen LogP contribution in [0.5, 0.6) is 11.6 Å². The maximum Gasteiger partial charge on any atom is 0.233 e. The summed E-state index contributed by atoms with van der Waals surface area (Å²) in [4.78, 5) is 4.07. The van der Waals surface area contributed by atoms with Gasteiger partial charge in [-0.2, -0.15) is 0 Å². The SMILES string of the molecule is Nc1cccc(Cl)c1Oc1ncccc1Br. The first-order chi connectivity index (χ1) is 7.68. The fraction of sp³-hybridized carbons (Fsp3) is 0. The van der Waals surface area contributed by atoms with Crippen molar-refractivity contribution in [3.8, 4) is 11.6 Å². The number of para-hydroxylation sites is 1. The van der Waals surface area contributed by atoms with Gasteiger partial charge in [-0.3, -0.25) is 0 Å². The number of rotatable bonds is 2. The van der Waals surface area contributed by atoms with E-state index in [1.807, 2.05) is 6.07 Å². The summed E-state index contributed by atoms with van der Waals surface area (Å²) in [5.74, 6) is 0.853. The fourth-order valence-electron chi connectivity index (χ4n) is 1.18. The van der Waals surface area contributed by atoms with Crippen LogP contribution >= 0.6 is 27.5 Å². The molecule has 5 heteroatoms. The van der Waals surface area contributed by atoms with Crippen LogP contribution in [0.15, 0.2) is 41.0 Å². The zero-order valence-electron chi connectivity index (χ0n) is 8.15. The number of halogens is 2. The van der Waals surface area contributed by atoms with Gasteiger partial charge in [0.1, 0.15) is 0 Å². The minimum Gasteiger partial charge on any atom is -0.434 e. The Hall–Kier alpha value is -1.26. The van der Waals surface area contributed by atoms with Gasteiger partial charge in [0.05, 0.1) is 15.2 Å². The van der Waals surface area contributed by atoms with Crippen molar-refractivity contribution in [3.05, 3.63) is 46.0 Å². The maximum absolute atomic E-state index is 5.98. The van der Waals surface area contributed by atoms with E-state index in [-0.39, 0.29) is 0 Å². The van der Waals surface area contributed by atoms with Crippen LogP contribution in [0.3, 0.4) is 0 Å². The number of nitrogen functional groups attached to an aromatic ring is 1. The van der Waals surface area contributed by atoms with E-state index >= 15 is 0 Å². The monoisotopic (exact) mass is 298 g/mol. The molecule has 0 unspecified atom stereocenters. The summed E-state index contributed by atoms with van der Waals surface area (Å²) in [5.41, 5.74) is 6.24. The summed E-state index contributed by atoms with van der Waals surface area (Å²) < 4.78 is 6.30. The quantitative estimate of drug-likeness (QED) is 0.856. The molecule has 0 aliphatic heterocycles. The predicted molar refractivity (Wildman–Crippen MR) is 67.9 cm³/mol. The number of pyridine rings is 1. The third kappa shape index (κ3) is 2.28. The van der Waals surface area contributed by atoms with Gasteiger partial charge in [0, 0.05) is 6.20 Å². The number of aromatic nitrogens is 1. The van der Waals surface area contributed by atoms with Crippen molar-refractivity contribution in [2.75, 3.05) is 5.73 Å². The number of nitrogens with two attached hydrogens (primary N) is 1. The van der Waals surface area contributed by atoms with Crippen molar-refractivity contribution in [2.45, 2.75) is 0 Å². The van der Waals surface area contributed by atoms with Gasteiger partial charge in [-0.25, -0.2) is 4.98 Å². The molecule has 1 aromatic heterocycles. The Kier molecular flexibility index (Phi) is 3.31. The van der Waals surface area contributed by atoms with Gasteiger partial charge >= 0.3 is 0 Å². The molecule has 82 valence electrons. The van der Waals surface area contributed by atoms with Crippen molar-refractivity contribution in [1.29, 1.82) is 0 Å². The highest BCUT2D eigenvalue weighted by atomic mass is 79.9. The Bertz CT molecular complexity index is 499. The zero-order valence-corrected chi connectivity index (χ0v) is 10.5. The Morgan fingerprint density at radius 3 is 2.75 bits per heavy atom. The lowest BCUT2D eigenvalue weighted by Crippen LogP contribution is -1.94. The topological polar surface area (TPSA) is 48.1 Å². The molecule has 1 aromatic carbocycles. The molecule has 0 saturated carbocycles. The van der Waals surface area contributed by atoms with E-state index < -0.39 is 0 Å². The average Bonchev–Trinajstić information content (AvgIpc) is 2.26. The van der Waals surface area contributed by atoms with Crippen LogP contribution in [0.2, 0.25) is 5.02 Å². The van der Waals surface area contributed by atoms with E-state index in [1.165, 1.54) is 0 Å².